The van der Waals surface area contributed by atoms with E-state index in [-0.39, 0.29) is 0 Å². The first kappa shape index (κ1) is 17.8. The van der Waals surface area contributed by atoms with Crippen LogP contribution in [0.2, 0.25) is 10.0 Å². The predicted molar refractivity (Wildman–Crippen MR) is 114 cm³/mol. The van der Waals surface area contributed by atoms with Crippen LogP contribution in [-0.4, -0.2) is 30.2 Å². The average Bonchev–Trinajstić information content (AvgIpc) is 3.40. The van der Waals surface area contributed by atoms with Gasteiger partial charge in [-0.25, -0.2) is 4.98 Å². The molecule has 0 fully saturated rings. The lowest BCUT2D eigenvalue weighted by molar-refractivity contribution is 0.825. The van der Waals surface area contributed by atoms with Crippen molar-refractivity contribution in [2.75, 3.05) is 0 Å². The molecule has 0 radical (unpaired) electrons. The van der Waals surface area contributed by atoms with Crippen LogP contribution in [0.25, 0.3) is 33.5 Å². The van der Waals surface area contributed by atoms with E-state index < -0.39 is 0 Å². The van der Waals surface area contributed by atoms with E-state index in [0.717, 1.165) is 33.3 Å². The summed E-state index contributed by atoms with van der Waals surface area (Å²) in [6, 6.07) is 20.0. The highest BCUT2D eigenvalue weighted by Gasteiger charge is 2.11. The molecule has 29 heavy (non-hydrogen) atoms. The summed E-state index contributed by atoms with van der Waals surface area (Å²) in [6.45, 7) is 0.682. The minimum Gasteiger partial charge on any atom is -0.326 e. The highest BCUT2D eigenvalue weighted by molar-refractivity contribution is 6.42. The Morgan fingerprint density at radius 1 is 0.897 bits per heavy atom. The van der Waals surface area contributed by atoms with Crippen molar-refractivity contribution in [3.63, 3.8) is 0 Å². The third-order valence-electron chi connectivity index (χ3n) is 4.79. The quantitative estimate of drug-likeness (QED) is 0.431. The number of aromatic amines is 1. The number of benzene rings is 3. The summed E-state index contributed by atoms with van der Waals surface area (Å²) >= 11 is 12.3. The summed E-state index contributed by atoms with van der Waals surface area (Å²) in [5, 5.41) is 15.4. The van der Waals surface area contributed by atoms with E-state index in [1.54, 1.807) is 12.4 Å². The van der Waals surface area contributed by atoms with Gasteiger partial charge in [0.2, 0.25) is 5.82 Å². The van der Waals surface area contributed by atoms with Gasteiger partial charge < -0.3 is 4.57 Å². The Morgan fingerprint density at radius 2 is 1.66 bits per heavy atom. The number of hydrogen-bond acceptors (Lipinski definition) is 4. The zero-order valence-corrected chi connectivity index (χ0v) is 16.6. The van der Waals surface area contributed by atoms with E-state index in [4.69, 9.17) is 23.2 Å². The number of nitrogens with one attached hydrogen (secondary N) is 1. The molecule has 0 unspecified atom stereocenters. The van der Waals surface area contributed by atoms with Crippen molar-refractivity contribution in [2.24, 2.45) is 0 Å². The molecule has 0 aliphatic rings. The molecule has 2 heterocycles. The standard InChI is InChI=1S/C21H14Cl2N6/c22-17-9-19-20(10-18(17)23)29(12-24-19)11-13-5-7-14(8-6-13)15-3-1-2-4-16(15)21-25-27-28-26-21/h1-10,12H,11H2,(H,25,26,27,28). The zero-order valence-electron chi connectivity index (χ0n) is 15.0. The normalized spacial score (nSPS) is 11.2. The van der Waals surface area contributed by atoms with Gasteiger partial charge in [0, 0.05) is 12.1 Å². The van der Waals surface area contributed by atoms with Crippen molar-refractivity contribution in [3.05, 3.63) is 82.6 Å². The van der Waals surface area contributed by atoms with Crippen molar-refractivity contribution < 1.29 is 0 Å². The fourth-order valence-corrected chi connectivity index (χ4v) is 3.69. The van der Waals surface area contributed by atoms with E-state index in [1.165, 1.54) is 0 Å². The van der Waals surface area contributed by atoms with Gasteiger partial charge in [-0.15, -0.1) is 10.2 Å². The minimum atomic E-state index is 0.508. The van der Waals surface area contributed by atoms with Gasteiger partial charge in [-0.3, -0.25) is 0 Å². The van der Waals surface area contributed by atoms with Crippen LogP contribution in [0.15, 0.2) is 67.0 Å². The summed E-state index contributed by atoms with van der Waals surface area (Å²) in [4.78, 5) is 4.42. The topological polar surface area (TPSA) is 72.3 Å². The number of hydrogen-bond donors (Lipinski definition) is 1. The Balaban J connectivity index is 1.46. The molecule has 0 bridgehead atoms. The SMILES string of the molecule is Clc1cc2ncn(Cc3ccc(-c4ccccc4-c4nn[nH]n4)cc3)c2cc1Cl. The van der Waals surface area contributed by atoms with Gasteiger partial charge in [0.1, 0.15) is 0 Å². The molecule has 6 nitrogen and oxygen atoms in total. The van der Waals surface area contributed by atoms with Crippen LogP contribution >= 0.6 is 23.2 Å². The van der Waals surface area contributed by atoms with Gasteiger partial charge in [0.05, 0.1) is 27.4 Å². The fourth-order valence-electron chi connectivity index (χ4n) is 3.37. The smallest absolute Gasteiger partial charge is 0.205 e. The van der Waals surface area contributed by atoms with Gasteiger partial charge in [0.25, 0.3) is 0 Å². The lowest BCUT2D eigenvalue weighted by Crippen LogP contribution is -1.98. The van der Waals surface area contributed by atoms with Crippen molar-refractivity contribution in [1.82, 2.24) is 30.2 Å². The van der Waals surface area contributed by atoms with Crippen molar-refractivity contribution in [2.45, 2.75) is 6.54 Å². The van der Waals surface area contributed by atoms with E-state index in [9.17, 15) is 0 Å². The molecule has 5 rings (SSSR count). The largest absolute Gasteiger partial charge is 0.326 e. The summed E-state index contributed by atoms with van der Waals surface area (Å²) in [5.41, 5.74) is 5.99. The molecule has 1 N–H and O–H groups in total. The number of tetrazole rings is 1. The second-order valence-corrected chi connectivity index (χ2v) is 7.42. The molecule has 0 aliphatic heterocycles. The maximum Gasteiger partial charge on any atom is 0.205 e. The Bertz CT molecular complexity index is 1290. The minimum absolute atomic E-state index is 0.508. The zero-order chi connectivity index (χ0) is 19.8. The number of fused-ring (bicyclic) bond motifs is 1. The summed E-state index contributed by atoms with van der Waals surface area (Å²) < 4.78 is 2.06. The molecule has 3 aromatic carbocycles. The monoisotopic (exact) mass is 420 g/mol. The Morgan fingerprint density at radius 3 is 2.41 bits per heavy atom. The highest BCUT2D eigenvalue weighted by atomic mass is 35.5. The molecule has 0 saturated heterocycles. The molecule has 0 saturated carbocycles. The third-order valence-corrected chi connectivity index (χ3v) is 5.52. The van der Waals surface area contributed by atoms with Crippen LogP contribution < -0.4 is 0 Å². The van der Waals surface area contributed by atoms with Crippen LogP contribution in [0.4, 0.5) is 0 Å². The van der Waals surface area contributed by atoms with Crippen LogP contribution in [0.3, 0.4) is 0 Å². The number of H-pyrrole nitrogens is 1. The van der Waals surface area contributed by atoms with Crippen LogP contribution in [0, 0.1) is 0 Å². The second-order valence-electron chi connectivity index (χ2n) is 6.61. The predicted octanol–water partition coefficient (Wildman–Crippen LogP) is 5.24. The van der Waals surface area contributed by atoms with E-state index in [1.807, 2.05) is 24.3 Å². The van der Waals surface area contributed by atoms with Gasteiger partial charge in [-0.2, -0.15) is 5.21 Å². The summed E-state index contributed by atoms with van der Waals surface area (Å²) in [6.07, 6.45) is 1.80. The molecule has 5 aromatic rings. The van der Waals surface area contributed by atoms with Gasteiger partial charge in [-0.1, -0.05) is 71.7 Å². The molecule has 0 amide bonds. The third kappa shape index (κ3) is 3.37. The number of halogens is 2. The van der Waals surface area contributed by atoms with Crippen molar-refractivity contribution >= 4 is 34.2 Å². The van der Waals surface area contributed by atoms with Crippen molar-refractivity contribution in [3.8, 4) is 22.5 Å². The summed E-state index contributed by atoms with van der Waals surface area (Å²) in [5.74, 6) is 0.574. The molecule has 0 spiro atoms. The Hall–Kier alpha value is -3.22. The number of imidazole rings is 1. The lowest BCUT2D eigenvalue weighted by atomic mass is 9.98. The fraction of sp³-hybridized carbons (Fsp3) is 0.0476. The van der Waals surface area contributed by atoms with Gasteiger partial charge in [-0.05, 0) is 34.0 Å². The second kappa shape index (κ2) is 7.31. The van der Waals surface area contributed by atoms with E-state index >= 15 is 0 Å². The van der Waals surface area contributed by atoms with Gasteiger partial charge in [0.15, 0.2) is 0 Å². The molecule has 0 aliphatic carbocycles. The van der Waals surface area contributed by atoms with E-state index in [2.05, 4.69) is 60.5 Å². The molecule has 142 valence electrons. The first-order valence-electron chi connectivity index (χ1n) is 8.91. The van der Waals surface area contributed by atoms with Crippen LogP contribution in [0.5, 0.6) is 0 Å². The Kier molecular flexibility index (Phi) is 4.50. The van der Waals surface area contributed by atoms with Crippen molar-refractivity contribution in [1.29, 1.82) is 0 Å². The molecule has 8 heteroatoms. The number of rotatable bonds is 4. The van der Waals surface area contributed by atoms with E-state index in [0.29, 0.717) is 22.4 Å². The molecule has 0 atom stereocenters. The number of nitrogens with zero attached hydrogens (tertiary/aromatic N) is 5. The van der Waals surface area contributed by atoms with Gasteiger partial charge >= 0.3 is 0 Å². The maximum absolute atomic E-state index is 6.18. The van der Waals surface area contributed by atoms with Crippen LogP contribution in [0.1, 0.15) is 5.56 Å². The molecule has 2 aromatic heterocycles. The molecular formula is C21H14Cl2N6. The van der Waals surface area contributed by atoms with Crippen LogP contribution in [-0.2, 0) is 6.54 Å². The molecular weight excluding hydrogens is 407 g/mol. The average molecular weight is 421 g/mol. The first-order chi connectivity index (χ1) is 14.2. The Labute approximate surface area is 176 Å². The summed E-state index contributed by atoms with van der Waals surface area (Å²) in [7, 11) is 0. The number of aromatic nitrogens is 6. The highest BCUT2D eigenvalue weighted by Crippen LogP contribution is 2.30. The first-order valence-corrected chi connectivity index (χ1v) is 9.67. The maximum atomic E-state index is 6.18. The lowest BCUT2D eigenvalue weighted by Gasteiger charge is -2.09.